The van der Waals surface area contributed by atoms with E-state index in [1.54, 1.807) is 60.9 Å². The molecule has 2 heterocycles. The molecule has 1 aliphatic rings. The Labute approximate surface area is 195 Å². The zero-order valence-electron chi connectivity index (χ0n) is 18.0. The number of carbonyl (C=O) groups is 2. The van der Waals surface area contributed by atoms with Gasteiger partial charge in [0.15, 0.2) is 0 Å². The number of aromatic nitrogens is 1. The van der Waals surface area contributed by atoms with Crippen LogP contribution in [0.4, 0.5) is 0 Å². The maximum Gasteiger partial charge on any atom is 0.295 e. The van der Waals surface area contributed by atoms with Gasteiger partial charge in [0.05, 0.1) is 25.8 Å². The smallest absolute Gasteiger partial charge is 0.295 e. The van der Waals surface area contributed by atoms with Gasteiger partial charge in [0.1, 0.15) is 17.3 Å². The van der Waals surface area contributed by atoms with Crippen LogP contribution in [0.5, 0.6) is 11.5 Å². The summed E-state index contributed by atoms with van der Waals surface area (Å²) in [4.78, 5) is 31.9. The Balaban J connectivity index is 1.93. The Morgan fingerprint density at radius 3 is 2.48 bits per heavy atom. The topological polar surface area (TPSA) is 89.0 Å². The number of methoxy groups -OCH3 is 2. The first-order valence-corrected chi connectivity index (χ1v) is 10.5. The SMILES string of the molecule is COc1ccc(OC)c(C2/C(=C(\O)c3ccc(Cl)cc3)C(=O)C(=O)N2Cc2cccnc2)c1. The van der Waals surface area contributed by atoms with Crippen LogP contribution in [0, 0.1) is 0 Å². The number of rotatable bonds is 6. The number of hydrogen-bond donors (Lipinski definition) is 1. The van der Waals surface area contributed by atoms with Gasteiger partial charge in [-0.3, -0.25) is 14.6 Å². The largest absolute Gasteiger partial charge is 0.507 e. The number of nitrogens with zero attached hydrogens (tertiary/aromatic N) is 2. The van der Waals surface area contributed by atoms with E-state index in [9.17, 15) is 14.7 Å². The molecule has 1 aromatic heterocycles. The van der Waals surface area contributed by atoms with Gasteiger partial charge < -0.3 is 19.5 Å². The Hall–Kier alpha value is -3.84. The second-order valence-corrected chi connectivity index (χ2v) is 7.84. The summed E-state index contributed by atoms with van der Waals surface area (Å²) < 4.78 is 10.9. The average molecular weight is 465 g/mol. The lowest BCUT2D eigenvalue weighted by molar-refractivity contribution is -0.140. The Bertz CT molecular complexity index is 1230. The summed E-state index contributed by atoms with van der Waals surface area (Å²) in [5.74, 6) is -0.857. The maximum atomic E-state index is 13.2. The number of carbonyl (C=O) groups excluding carboxylic acids is 2. The molecule has 1 N–H and O–H groups in total. The van der Waals surface area contributed by atoms with Crippen molar-refractivity contribution in [2.24, 2.45) is 0 Å². The highest BCUT2D eigenvalue weighted by molar-refractivity contribution is 6.46. The minimum atomic E-state index is -0.911. The first-order valence-electron chi connectivity index (χ1n) is 10.1. The first-order chi connectivity index (χ1) is 15.9. The maximum absolute atomic E-state index is 13.2. The monoisotopic (exact) mass is 464 g/mol. The summed E-state index contributed by atoms with van der Waals surface area (Å²) in [5, 5.41) is 11.6. The summed E-state index contributed by atoms with van der Waals surface area (Å²) in [6.07, 6.45) is 3.25. The summed E-state index contributed by atoms with van der Waals surface area (Å²) in [7, 11) is 3.02. The molecule has 4 rings (SSSR count). The van der Waals surface area contributed by atoms with Crippen molar-refractivity contribution in [2.75, 3.05) is 14.2 Å². The zero-order valence-corrected chi connectivity index (χ0v) is 18.7. The van der Waals surface area contributed by atoms with E-state index in [4.69, 9.17) is 21.1 Å². The second-order valence-electron chi connectivity index (χ2n) is 7.40. The first kappa shape index (κ1) is 22.4. The third-order valence-corrected chi connectivity index (χ3v) is 5.72. The molecule has 1 fully saturated rings. The normalized spacial score (nSPS) is 17.3. The molecule has 0 saturated carbocycles. The van der Waals surface area contributed by atoms with E-state index in [1.807, 2.05) is 6.07 Å². The van der Waals surface area contributed by atoms with Crippen LogP contribution in [0.25, 0.3) is 5.76 Å². The van der Waals surface area contributed by atoms with Crippen LogP contribution in [0.1, 0.15) is 22.7 Å². The van der Waals surface area contributed by atoms with Crippen LogP contribution < -0.4 is 9.47 Å². The molecule has 1 saturated heterocycles. The highest BCUT2D eigenvalue weighted by atomic mass is 35.5. The van der Waals surface area contributed by atoms with Gasteiger partial charge in [-0.25, -0.2) is 0 Å². The van der Waals surface area contributed by atoms with Crippen molar-refractivity contribution in [3.8, 4) is 11.5 Å². The number of aliphatic hydroxyl groups excluding tert-OH is 1. The summed E-state index contributed by atoms with van der Waals surface area (Å²) >= 11 is 5.98. The van der Waals surface area contributed by atoms with E-state index in [0.717, 1.165) is 5.56 Å². The Kier molecular flexibility index (Phi) is 6.33. The number of pyridine rings is 1. The molecule has 0 spiro atoms. The highest BCUT2D eigenvalue weighted by Crippen LogP contribution is 2.44. The van der Waals surface area contributed by atoms with Crippen LogP contribution in [0.2, 0.25) is 5.02 Å². The number of Topliss-reactive ketones (excluding diaryl/α,β-unsaturated/α-hetero) is 1. The van der Waals surface area contributed by atoms with Crippen LogP contribution >= 0.6 is 11.6 Å². The van der Waals surface area contributed by atoms with E-state index >= 15 is 0 Å². The Morgan fingerprint density at radius 1 is 1.09 bits per heavy atom. The molecule has 1 aliphatic heterocycles. The number of ether oxygens (including phenoxy) is 2. The number of hydrogen-bond acceptors (Lipinski definition) is 6. The molecule has 1 unspecified atom stereocenters. The van der Waals surface area contributed by atoms with Crippen molar-refractivity contribution in [2.45, 2.75) is 12.6 Å². The molecule has 3 aromatic rings. The molecule has 168 valence electrons. The second kappa shape index (κ2) is 9.34. The minimum Gasteiger partial charge on any atom is -0.507 e. The van der Waals surface area contributed by atoms with Crippen molar-refractivity contribution in [3.05, 3.63) is 94.3 Å². The van der Waals surface area contributed by atoms with Crippen molar-refractivity contribution in [1.29, 1.82) is 0 Å². The van der Waals surface area contributed by atoms with Gasteiger partial charge >= 0.3 is 0 Å². The lowest BCUT2D eigenvalue weighted by Gasteiger charge is -2.27. The van der Waals surface area contributed by atoms with Gasteiger partial charge in [0, 0.05) is 35.1 Å². The lowest BCUT2D eigenvalue weighted by atomic mass is 9.94. The lowest BCUT2D eigenvalue weighted by Crippen LogP contribution is -2.29. The quantitative estimate of drug-likeness (QED) is 0.331. The van der Waals surface area contributed by atoms with Gasteiger partial charge in [0.2, 0.25) is 0 Å². The third kappa shape index (κ3) is 4.27. The van der Waals surface area contributed by atoms with Crippen molar-refractivity contribution < 1.29 is 24.2 Å². The fourth-order valence-corrected chi connectivity index (χ4v) is 4.00. The van der Waals surface area contributed by atoms with Gasteiger partial charge in [0.25, 0.3) is 11.7 Å². The molecular formula is C25H21ClN2O5. The van der Waals surface area contributed by atoms with E-state index < -0.39 is 17.7 Å². The van der Waals surface area contributed by atoms with Crippen LogP contribution in [0.15, 0.2) is 72.6 Å². The van der Waals surface area contributed by atoms with Gasteiger partial charge in [-0.15, -0.1) is 0 Å². The molecule has 8 heteroatoms. The number of ketones is 1. The molecular weight excluding hydrogens is 444 g/mol. The number of halogens is 1. The van der Waals surface area contributed by atoms with Crippen molar-refractivity contribution in [1.82, 2.24) is 9.88 Å². The molecule has 2 aromatic carbocycles. The van der Waals surface area contributed by atoms with E-state index in [-0.39, 0.29) is 17.9 Å². The predicted octanol–water partition coefficient (Wildman–Crippen LogP) is 4.37. The van der Waals surface area contributed by atoms with E-state index in [1.165, 1.54) is 19.1 Å². The number of amides is 1. The fraction of sp³-hybridized carbons (Fsp3) is 0.160. The molecule has 7 nitrogen and oxygen atoms in total. The summed E-state index contributed by atoms with van der Waals surface area (Å²) in [5.41, 5.74) is 1.57. The standard InChI is InChI=1S/C25H21ClN2O5/c1-32-18-9-10-20(33-2)19(12-18)22-21(23(29)16-5-7-17(26)8-6-16)24(30)25(31)28(22)14-15-4-3-11-27-13-15/h3-13,22,29H,14H2,1-2H3/b23-21+. The molecule has 0 bridgehead atoms. The van der Waals surface area contributed by atoms with Gasteiger partial charge in [-0.2, -0.15) is 0 Å². The summed E-state index contributed by atoms with van der Waals surface area (Å²) in [6.45, 7) is 0.112. The zero-order chi connectivity index (χ0) is 23.5. The fourth-order valence-electron chi connectivity index (χ4n) is 3.87. The van der Waals surface area contributed by atoms with Crippen LogP contribution in [-0.4, -0.2) is 40.9 Å². The molecule has 0 aliphatic carbocycles. The van der Waals surface area contributed by atoms with Gasteiger partial charge in [-0.05, 0) is 54.1 Å². The molecule has 0 radical (unpaired) electrons. The number of benzene rings is 2. The van der Waals surface area contributed by atoms with Crippen molar-refractivity contribution >= 4 is 29.1 Å². The van der Waals surface area contributed by atoms with E-state index in [2.05, 4.69) is 4.98 Å². The van der Waals surface area contributed by atoms with Crippen molar-refractivity contribution in [3.63, 3.8) is 0 Å². The number of aliphatic hydroxyl groups is 1. The van der Waals surface area contributed by atoms with Gasteiger partial charge in [-0.1, -0.05) is 17.7 Å². The number of likely N-dealkylation sites (tertiary alicyclic amines) is 1. The molecule has 1 atom stereocenters. The Morgan fingerprint density at radius 2 is 1.85 bits per heavy atom. The molecule has 33 heavy (non-hydrogen) atoms. The van der Waals surface area contributed by atoms with Crippen LogP contribution in [-0.2, 0) is 16.1 Å². The van der Waals surface area contributed by atoms with Crippen LogP contribution in [0.3, 0.4) is 0 Å². The molecule has 1 amide bonds. The van der Waals surface area contributed by atoms with E-state index in [0.29, 0.717) is 27.6 Å². The predicted molar refractivity (Wildman–Crippen MR) is 123 cm³/mol. The average Bonchev–Trinajstić information content (AvgIpc) is 3.09. The summed E-state index contributed by atoms with van der Waals surface area (Å²) in [6, 6.07) is 14.1. The minimum absolute atomic E-state index is 0.0437. The highest BCUT2D eigenvalue weighted by Gasteiger charge is 2.47. The third-order valence-electron chi connectivity index (χ3n) is 5.46.